The summed E-state index contributed by atoms with van der Waals surface area (Å²) in [4.78, 5) is 30.8. The average molecular weight is 567 g/mol. The maximum absolute atomic E-state index is 13.5. The Labute approximate surface area is 242 Å². The van der Waals surface area contributed by atoms with Gasteiger partial charge in [-0.1, -0.05) is 38.0 Å². The lowest BCUT2D eigenvalue weighted by Gasteiger charge is -2.29. The number of amides is 1. The van der Waals surface area contributed by atoms with Gasteiger partial charge in [-0.2, -0.15) is 0 Å². The molecule has 2 aliphatic rings. The van der Waals surface area contributed by atoms with Crippen LogP contribution >= 0.6 is 0 Å². The molecule has 4 rings (SSSR count). The third-order valence-corrected chi connectivity index (χ3v) is 7.44. The zero-order valence-electron chi connectivity index (χ0n) is 24.4. The van der Waals surface area contributed by atoms with Gasteiger partial charge in [-0.05, 0) is 49.6 Å². The van der Waals surface area contributed by atoms with E-state index in [1.54, 1.807) is 42.3 Å². The fourth-order valence-electron chi connectivity index (χ4n) is 5.31. The Morgan fingerprint density at radius 3 is 2.51 bits per heavy atom. The van der Waals surface area contributed by atoms with E-state index in [2.05, 4.69) is 11.8 Å². The topological polar surface area (TPSA) is 97.8 Å². The van der Waals surface area contributed by atoms with Crippen LogP contribution in [0.15, 0.2) is 48.0 Å². The number of aliphatic hydroxyl groups excluding tert-OH is 1. The molecule has 2 fully saturated rings. The van der Waals surface area contributed by atoms with Crippen LogP contribution in [0.25, 0.3) is 5.76 Å². The van der Waals surface area contributed by atoms with Gasteiger partial charge in [-0.25, -0.2) is 0 Å². The number of ether oxygens (including phenoxy) is 4. The summed E-state index contributed by atoms with van der Waals surface area (Å²) in [5.41, 5.74) is 1.12. The molecular formula is C32H42N2O7. The molecule has 2 saturated heterocycles. The molecule has 1 atom stereocenters. The van der Waals surface area contributed by atoms with Gasteiger partial charge in [0.25, 0.3) is 11.7 Å². The number of benzene rings is 2. The van der Waals surface area contributed by atoms with E-state index in [0.717, 1.165) is 38.9 Å². The lowest BCUT2D eigenvalue weighted by molar-refractivity contribution is -0.140. The number of nitrogens with zero attached hydrogens (tertiary/aromatic N) is 2. The van der Waals surface area contributed by atoms with Gasteiger partial charge < -0.3 is 29.0 Å². The Kier molecular flexibility index (Phi) is 11.0. The van der Waals surface area contributed by atoms with Crippen molar-refractivity contribution in [3.05, 3.63) is 59.2 Å². The second-order valence-corrected chi connectivity index (χ2v) is 10.2. The van der Waals surface area contributed by atoms with Crippen molar-refractivity contribution in [2.45, 2.75) is 45.6 Å². The van der Waals surface area contributed by atoms with Gasteiger partial charge in [-0.15, -0.1) is 0 Å². The summed E-state index contributed by atoms with van der Waals surface area (Å²) in [6.45, 7) is 9.26. The number of unbranched alkanes of at least 4 members (excludes halogenated alkanes) is 2. The van der Waals surface area contributed by atoms with Gasteiger partial charge in [0, 0.05) is 31.7 Å². The van der Waals surface area contributed by atoms with Crippen molar-refractivity contribution < 1.29 is 33.6 Å². The van der Waals surface area contributed by atoms with Crippen LogP contribution in [0.4, 0.5) is 0 Å². The number of methoxy groups -OCH3 is 1. The molecule has 0 radical (unpaired) electrons. The van der Waals surface area contributed by atoms with E-state index in [1.807, 2.05) is 19.1 Å². The molecule has 1 amide bonds. The summed E-state index contributed by atoms with van der Waals surface area (Å²) in [7, 11) is 1.57. The molecular weight excluding hydrogens is 524 g/mol. The number of carbonyl (C=O) groups excluding carboxylic acids is 2. The Morgan fingerprint density at radius 2 is 1.78 bits per heavy atom. The largest absolute Gasteiger partial charge is 0.507 e. The van der Waals surface area contributed by atoms with Gasteiger partial charge in [0.1, 0.15) is 11.5 Å². The van der Waals surface area contributed by atoms with Crippen LogP contribution in [0.3, 0.4) is 0 Å². The first-order valence-corrected chi connectivity index (χ1v) is 14.6. The molecule has 2 heterocycles. The number of morpholine rings is 1. The highest BCUT2D eigenvalue weighted by Crippen LogP contribution is 2.42. The number of hydrogen-bond donors (Lipinski definition) is 1. The zero-order valence-corrected chi connectivity index (χ0v) is 24.4. The summed E-state index contributed by atoms with van der Waals surface area (Å²) in [6, 6.07) is 11.6. The predicted octanol–water partition coefficient (Wildman–Crippen LogP) is 4.81. The van der Waals surface area contributed by atoms with Gasteiger partial charge in [0.05, 0.1) is 45.2 Å². The molecule has 2 aromatic rings. The smallest absolute Gasteiger partial charge is 0.295 e. The minimum Gasteiger partial charge on any atom is -0.507 e. The Morgan fingerprint density at radius 1 is 0.976 bits per heavy atom. The summed E-state index contributed by atoms with van der Waals surface area (Å²) >= 11 is 0. The molecule has 222 valence electrons. The van der Waals surface area contributed by atoms with Crippen LogP contribution in [0.1, 0.15) is 56.7 Å². The van der Waals surface area contributed by atoms with E-state index in [1.165, 1.54) is 0 Å². The second kappa shape index (κ2) is 14.9. The lowest BCUT2D eigenvalue weighted by Crippen LogP contribution is -2.39. The normalized spacial score (nSPS) is 19.0. The standard InChI is InChI=1S/C32H42N2O7/c1-4-6-7-18-41-26-13-12-23(22-27(26)38-3)29-28(30(35)24-10-8-11-25(21-24)40-5-2)31(36)32(37)34(29)15-9-14-33-16-19-39-20-17-33/h8,10-13,21-22,29,35H,4-7,9,14-20H2,1-3H3/b30-28+. The first-order chi connectivity index (χ1) is 20.0. The number of hydrogen-bond acceptors (Lipinski definition) is 8. The molecule has 2 aromatic carbocycles. The van der Waals surface area contributed by atoms with Crippen LogP contribution in [-0.2, 0) is 14.3 Å². The first-order valence-electron chi connectivity index (χ1n) is 14.6. The summed E-state index contributed by atoms with van der Waals surface area (Å²) in [6.07, 6.45) is 3.78. The minimum atomic E-state index is -0.779. The fourth-order valence-corrected chi connectivity index (χ4v) is 5.31. The van der Waals surface area contributed by atoms with Crippen molar-refractivity contribution in [1.82, 2.24) is 9.80 Å². The van der Waals surface area contributed by atoms with Gasteiger partial charge in [-0.3, -0.25) is 14.5 Å². The predicted molar refractivity (Wildman–Crippen MR) is 157 cm³/mol. The molecule has 9 nitrogen and oxygen atoms in total. The van der Waals surface area contributed by atoms with Crippen molar-refractivity contribution in [2.24, 2.45) is 0 Å². The molecule has 1 N–H and O–H groups in total. The second-order valence-electron chi connectivity index (χ2n) is 10.2. The molecule has 2 aliphatic heterocycles. The fraction of sp³-hybridized carbons (Fsp3) is 0.500. The average Bonchev–Trinajstić information content (AvgIpc) is 3.25. The summed E-state index contributed by atoms with van der Waals surface area (Å²) in [5.74, 6) is 0.110. The number of aliphatic hydroxyl groups is 1. The molecule has 41 heavy (non-hydrogen) atoms. The maximum Gasteiger partial charge on any atom is 0.295 e. The molecule has 0 saturated carbocycles. The SMILES string of the molecule is CCCCCOc1ccc(C2/C(=C(\O)c3cccc(OCC)c3)C(=O)C(=O)N2CCCN2CCOCC2)cc1OC. The number of likely N-dealkylation sites (tertiary alicyclic amines) is 1. The van der Waals surface area contributed by atoms with Crippen molar-refractivity contribution in [3.8, 4) is 17.2 Å². The van der Waals surface area contributed by atoms with Crippen LogP contribution in [0.5, 0.6) is 17.2 Å². The number of rotatable bonds is 14. The summed E-state index contributed by atoms with van der Waals surface area (Å²) < 4.78 is 22.7. The van der Waals surface area contributed by atoms with Crippen molar-refractivity contribution in [1.29, 1.82) is 0 Å². The van der Waals surface area contributed by atoms with Gasteiger partial charge in [0.15, 0.2) is 11.5 Å². The highest BCUT2D eigenvalue weighted by molar-refractivity contribution is 6.46. The third kappa shape index (κ3) is 7.40. The Hall–Kier alpha value is -3.56. The molecule has 1 unspecified atom stereocenters. The van der Waals surface area contributed by atoms with E-state index in [4.69, 9.17) is 18.9 Å². The van der Waals surface area contributed by atoms with E-state index in [0.29, 0.717) is 67.8 Å². The Bertz CT molecular complexity index is 1220. The highest BCUT2D eigenvalue weighted by Gasteiger charge is 2.46. The van der Waals surface area contributed by atoms with Crippen LogP contribution in [-0.4, -0.2) is 86.3 Å². The Balaban J connectivity index is 1.69. The van der Waals surface area contributed by atoms with Crippen LogP contribution < -0.4 is 14.2 Å². The molecule has 9 heteroatoms. The van der Waals surface area contributed by atoms with Crippen LogP contribution in [0.2, 0.25) is 0 Å². The van der Waals surface area contributed by atoms with Gasteiger partial charge >= 0.3 is 0 Å². The number of ketones is 1. The highest BCUT2D eigenvalue weighted by atomic mass is 16.5. The van der Waals surface area contributed by atoms with Crippen molar-refractivity contribution >= 4 is 17.4 Å². The van der Waals surface area contributed by atoms with E-state index < -0.39 is 17.7 Å². The van der Waals surface area contributed by atoms with Gasteiger partial charge in [0.2, 0.25) is 0 Å². The van der Waals surface area contributed by atoms with E-state index >= 15 is 0 Å². The number of carbonyl (C=O) groups is 2. The maximum atomic E-state index is 13.5. The molecule has 0 spiro atoms. The molecule has 0 bridgehead atoms. The lowest BCUT2D eigenvalue weighted by atomic mass is 9.95. The minimum absolute atomic E-state index is 0.0497. The summed E-state index contributed by atoms with van der Waals surface area (Å²) in [5, 5.41) is 11.5. The monoisotopic (exact) mass is 566 g/mol. The van der Waals surface area contributed by atoms with E-state index in [-0.39, 0.29) is 11.3 Å². The first kappa shape index (κ1) is 30.4. The van der Waals surface area contributed by atoms with Crippen molar-refractivity contribution in [3.63, 3.8) is 0 Å². The number of Topliss-reactive ketones (excluding diaryl/α,β-unsaturated/α-hetero) is 1. The zero-order chi connectivity index (χ0) is 29.2. The van der Waals surface area contributed by atoms with Crippen LogP contribution in [0, 0.1) is 0 Å². The van der Waals surface area contributed by atoms with Crippen molar-refractivity contribution in [2.75, 3.05) is 59.7 Å². The van der Waals surface area contributed by atoms with E-state index in [9.17, 15) is 14.7 Å². The molecule has 0 aliphatic carbocycles. The quantitative estimate of drug-likeness (QED) is 0.151. The molecule has 0 aromatic heterocycles. The third-order valence-electron chi connectivity index (χ3n) is 7.44.